The summed E-state index contributed by atoms with van der Waals surface area (Å²) in [5, 5.41) is 4.18. The normalized spacial score (nSPS) is 10.9. The molecule has 0 radical (unpaired) electrons. The molecular weight excluding hydrogens is 282 g/mol. The van der Waals surface area contributed by atoms with E-state index in [1.54, 1.807) is 0 Å². The minimum absolute atomic E-state index is 0.453. The van der Waals surface area contributed by atoms with E-state index in [4.69, 9.17) is 16.3 Å². The SMILES string of the molecule is Cc1cccc(CNC(C)C)c1OCc1ccc(Cl)cc1. The molecule has 2 aromatic rings. The van der Waals surface area contributed by atoms with Gasteiger partial charge in [0.05, 0.1) is 0 Å². The van der Waals surface area contributed by atoms with Crippen molar-refractivity contribution >= 4 is 11.6 Å². The maximum atomic E-state index is 6.04. The number of hydrogen-bond donors (Lipinski definition) is 1. The first kappa shape index (κ1) is 15.9. The molecule has 2 rings (SSSR count). The number of ether oxygens (including phenoxy) is 1. The van der Waals surface area contributed by atoms with Crippen LogP contribution in [0.5, 0.6) is 5.75 Å². The van der Waals surface area contributed by atoms with Crippen molar-refractivity contribution in [3.05, 3.63) is 64.2 Å². The summed E-state index contributed by atoms with van der Waals surface area (Å²) in [4.78, 5) is 0. The first-order valence-electron chi connectivity index (χ1n) is 7.25. The lowest BCUT2D eigenvalue weighted by atomic mass is 10.1. The fourth-order valence-electron chi connectivity index (χ4n) is 2.11. The first-order chi connectivity index (χ1) is 10.1. The average molecular weight is 304 g/mol. The summed E-state index contributed by atoms with van der Waals surface area (Å²) in [7, 11) is 0. The Bertz CT molecular complexity index is 578. The van der Waals surface area contributed by atoms with Crippen LogP contribution in [0.3, 0.4) is 0 Å². The Labute approximate surface area is 132 Å². The smallest absolute Gasteiger partial charge is 0.127 e. The fraction of sp³-hybridized carbons (Fsp3) is 0.333. The number of benzene rings is 2. The standard InChI is InChI=1S/C18H22ClNO/c1-13(2)20-11-16-6-4-5-14(3)18(16)21-12-15-7-9-17(19)10-8-15/h4-10,13,20H,11-12H2,1-3H3. The molecule has 0 spiro atoms. The molecule has 0 fully saturated rings. The molecule has 0 amide bonds. The van der Waals surface area contributed by atoms with Crippen LogP contribution in [0.2, 0.25) is 5.02 Å². The van der Waals surface area contributed by atoms with Gasteiger partial charge in [-0.3, -0.25) is 0 Å². The van der Waals surface area contributed by atoms with Crippen LogP contribution < -0.4 is 10.1 Å². The molecule has 0 aliphatic carbocycles. The summed E-state index contributed by atoms with van der Waals surface area (Å²) < 4.78 is 6.04. The van der Waals surface area contributed by atoms with Gasteiger partial charge in [0.25, 0.3) is 0 Å². The van der Waals surface area contributed by atoms with E-state index < -0.39 is 0 Å². The second-order valence-electron chi connectivity index (χ2n) is 5.51. The summed E-state index contributed by atoms with van der Waals surface area (Å²) in [5.74, 6) is 0.973. The van der Waals surface area contributed by atoms with Crippen LogP contribution in [0.25, 0.3) is 0 Å². The van der Waals surface area contributed by atoms with Crippen molar-refractivity contribution in [2.75, 3.05) is 0 Å². The minimum atomic E-state index is 0.453. The van der Waals surface area contributed by atoms with Gasteiger partial charge in [-0.15, -0.1) is 0 Å². The number of halogens is 1. The lowest BCUT2D eigenvalue weighted by molar-refractivity contribution is 0.299. The summed E-state index contributed by atoms with van der Waals surface area (Å²) in [5.41, 5.74) is 3.47. The first-order valence-corrected chi connectivity index (χ1v) is 7.63. The van der Waals surface area contributed by atoms with Gasteiger partial charge in [-0.25, -0.2) is 0 Å². The predicted molar refractivity (Wildman–Crippen MR) is 88.9 cm³/mol. The minimum Gasteiger partial charge on any atom is -0.488 e. The molecule has 0 saturated heterocycles. The van der Waals surface area contributed by atoms with Crippen molar-refractivity contribution < 1.29 is 4.74 Å². The molecule has 0 aromatic heterocycles. The summed E-state index contributed by atoms with van der Waals surface area (Å²) in [6, 6.07) is 14.5. The third-order valence-electron chi connectivity index (χ3n) is 3.29. The molecule has 0 unspecified atom stereocenters. The van der Waals surface area contributed by atoms with E-state index in [-0.39, 0.29) is 0 Å². The van der Waals surface area contributed by atoms with Crippen molar-refractivity contribution in [1.29, 1.82) is 0 Å². The molecule has 21 heavy (non-hydrogen) atoms. The molecular formula is C18H22ClNO. The Kier molecular flexibility index (Phi) is 5.66. The lowest BCUT2D eigenvalue weighted by Crippen LogP contribution is -2.22. The monoisotopic (exact) mass is 303 g/mol. The lowest BCUT2D eigenvalue weighted by Gasteiger charge is -2.16. The van der Waals surface area contributed by atoms with Crippen molar-refractivity contribution in [3.63, 3.8) is 0 Å². The van der Waals surface area contributed by atoms with Gasteiger partial charge in [0.1, 0.15) is 12.4 Å². The molecule has 0 saturated carbocycles. The number of aryl methyl sites for hydroxylation is 1. The highest BCUT2D eigenvalue weighted by Gasteiger charge is 2.08. The molecule has 0 heterocycles. The van der Waals surface area contributed by atoms with E-state index in [2.05, 4.69) is 44.3 Å². The van der Waals surface area contributed by atoms with E-state index in [9.17, 15) is 0 Å². The Morgan fingerprint density at radius 2 is 1.81 bits per heavy atom. The van der Waals surface area contributed by atoms with Gasteiger partial charge in [0, 0.05) is 23.2 Å². The largest absolute Gasteiger partial charge is 0.488 e. The van der Waals surface area contributed by atoms with Crippen LogP contribution in [0.4, 0.5) is 0 Å². The predicted octanol–water partition coefficient (Wildman–Crippen LogP) is 4.73. The molecule has 0 atom stereocenters. The van der Waals surface area contributed by atoms with E-state index in [0.717, 1.165) is 28.4 Å². The van der Waals surface area contributed by atoms with Crippen LogP contribution in [0.15, 0.2) is 42.5 Å². The van der Waals surface area contributed by atoms with Gasteiger partial charge in [-0.05, 0) is 30.2 Å². The van der Waals surface area contributed by atoms with E-state index in [1.165, 1.54) is 5.56 Å². The zero-order valence-corrected chi connectivity index (χ0v) is 13.6. The topological polar surface area (TPSA) is 21.3 Å². The Balaban J connectivity index is 2.09. The Morgan fingerprint density at radius 3 is 2.48 bits per heavy atom. The number of nitrogens with one attached hydrogen (secondary N) is 1. The van der Waals surface area contributed by atoms with Crippen molar-refractivity contribution in [2.24, 2.45) is 0 Å². The Hall–Kier alpha value is -1.51. The van der Waals surface area contributed by atoms with Crippen LogP contribution in [0, 0.1) is 6.92 Å². The molecule has 2 aromatic carbocycles. The molecule has 112 valence electrons. The molecule has 3 heteroatoms. The van der Waals surface area contributed by atoms with E-state index >= 15 is 0 Å². The number of para-hydroxylation sites is 1. The zero-order valence-electron chi connectivity index (χ0n) is 12.8. The van der Waals surface area contributed by atoms with Crippen LogP contribution in [-0.2, 0) is 13.2 Å². The molecule has 0 aliphatic rings. The van der Waals surface area contributed by atoms with E-state index in [1.807, 2.05) is 24.3 Å². The molecule has 2 nitrogen and oxygen atoms in total. The second kappa shape index (κ2) is 7.48. The van der Waals surface area contributed by atoms with Crippen LogP contribution >= 0.6 is 11.6 Å². The van der Waals surface area contributed by atoms with Crippen molar-refractivity contribution in [1.82, 2.24) is 5.32 Å². The molecule has 0 bridgehead atoms. The number of rotatable bonds is 6. The highest BCUT2D eigenvalue weighted by atomic mass is 35.5. The van der Waals surface area contributed by atoms with Gasteiger partial charge in [0.2, 0.25) is 0 Å². The van der Waals surface area contributed by atoms with E-state index in [0.29, 0.717) is 12.6 Å². The maximum absolute atomic E-state index is 6.04. The third kappa shape index (κ3) is 4.76. The highest BCUT2D eigenvalue weighted by molar-refractivity contribution is 6.30. The fourth-order valence-corrected chi connectivity index (χ4v) is 2.24. The summed E-state index contributed by atoms with van der Waals surface area (Å²) in [6.07, 6.45) is 0. The van der Waals surface area contributed by atoms with Gasteiger partial charge in [-0.2, -0.15) is 0 Å². The van der Waals surface area contributed by atoms with Gasteiger partial charge < -0.3 is 10.1 Å². The van der Waals surface area contributed by atoms with Crippen LogP contribution in [-0.4, -0.2) is 6.04 Å². The highest BCUT2D eigenvalue weighted by Crippen LogP contribution is 2.24. The second-order valence-corrected chi connectivity index (χ2v) is 5.95. The molecule has 1 N–H and O–H groups in total. The van der Waals surface area contributed by atoms with Gasteiger partial charge >= 0.3 is 0 Å². The third-order valence-corrected chi connectivity index (χ3v) is 3.54. The van der Waals surface area contributed by atoms with Gasteiger partial charge in [-0.1, -0.05) is 55.8 Å². The quantitative estimate of drug-likeness (QED) is 0.833. The summed E-state index contributed by atoms with van der Waals surface area (Å²) in [6.45, 7) is 7.73. The number of hydrogen-bond acceptors (Lipinski definition) is 2. The van der Waals surface area contributed by atoms with Gasteiger partial charge in [0.15, 0.2) is 0 Å². The molecule has 0 aliphatic heterocycles. The maximum Gasteiger partial charge on any atom is 0.127 e. The Morgan fingerprint density at radius 1 is 1.10 bits per heavy atom. The zero-order chi connectivity index (χ0) is 15.2. The van der Waals surface area contributed by atoms with Crippen molar-refractivity contribution in [2.45, 2.75) is 40.0 Å². The van der Waals surface area contributed by atoms with Crippen molar-refractivity contribution in [3.8, 4) is 5.75 Å². The average Bonchev–Trinajstić information content (AvgIpc) is 2.46. The summed E-state index contributed by atoms with van der Waals surface area (Å²) >= 11 is 5.90. The van der Waals surface area contributed by atoms with Crippen LogP contribution in [0.1, 0.15) is 30.5 Å².